The maximum atomic E-state index is 12.3. The molecule has 2 rings (SSSR count). The molecule has 1 amide bonds. The molecule has 0 fully saturated rings. The highest BCUT2D eigenvalue weighted by molar-refractivity contribution is 9.10. The maximum Gasteiger partial charge on any atom is 0.442 e. The van der Waals surface area contributed by atoms with Crippen molar-refractivity contribution >= 4 is 31.8 Å². The second kappa shape index (κ2) is 8.79. The summed E-state index contributed by atoms with van der Waals surface area (Å²) in [6, 6.07) is 12.7. The van der Waals surface area contributed by atoms with Crippen molar-refractivity contribution in [3.05, 3.63) is 58.7 Å². The summed E-state index contributed by atoms with van der Waals surface area (Å²) in [7, 11) is -2.73. The monoisotopic (exact) mass is 412 g/mol. The Morgan fingerprint density at radius 1 is 1.29 bits per heavy atom. The van der Waals surface area contributed by atoms with Crippen molar-refractivity contribution in [1.29, 1.82) is 0 Å². The molecule has 1 heterocycles. The van der Waals surface area contributed by atoms with Crippen molar-refractivity contribution in [2.75, 3.05) is 18.6 Å². The molecule has 0 saturated heterocycles. The third-order valence-corrected chi connectivity index (χ3v) is 4.83. The Balaban J connectivity index is 1.83. The molecule has 0 radical (unpaired) electrons. The summed E-state index contributed by atoms with van der Waals surface area (Å²) in [4.78, 5) is 15.7. The van der Waals surface area contributed by atoms with E-state index in [0.29, 0.717) is 5.88 Å². The molecule has 0 bridgehead atoms. The molecule has 1 atom stereocenters. The summed E-state index contributed by atoms with van der Waals surface area (Å²) in [5.41, 5.74) is 0.840. The number of carbonyl (C=O) groups excluding carboxylic acids is 1. The van der Waals surface area contributed by atoms with E-state index in [1.54, 1.807) is 18.3 Å². The normalized spacial score (nSPS) is 12.9. The van der Waals surface area contributed by atoms with Crippen LogP contribution in [0.4, 0.5) is 4.79 Å². The molecular weight excluding hydrogens is 396 g/mol. The van der Waals surface area contributed by atoms with Crippen LogP contribution in [0.25, 0.3) is 0 Å². The number of halogens is 1. The minimum absolute atomic E-state index is 0.0944. The van der Waals surface area contributed by atoms with Gasteiger partial charge in [-0.1, -0.05) is 46.3 Å². The molecule has 0 aliphatic heterocycles. The van der Waals surface area contributed by atoms with Crippen LogP contribution >= 0.6 is 15.9 Å². The number of ether oxygens (including phenoxy) is 2. The summed E-state index contributed by atoms with van der Waals surface area (Å²) in [5.74, 6) is 0.507. The van der Waals surface area contributed by atoms with Gasteiger partial charge in [-0.15, -0.1) is 4.36 Å². The van der Waals surface area contributed by atoms with E-state index in [4.69, 9.17) is 9.47 Å². The SMILES string of the molecule is CS(=O)(CCOc1cc(Br)ccn1)=NC(=O)OCc1ccccc1. The third-order valence-electron chi connectivity index (χ3n) is 2.88. The predicted octanol–water partition coefficient (Wildman–Crippen LogP) is 3.66. The Morgan fingerprint density at radius 2 is 2.04 bits per heavy atom. The summed E-state index contributed by atoms with van der Waals surface area (Å²) in [6.07, 6.45) is 2.15. The van der Waals surface area contributed by atoms with Crippen LogP contribution in [0.2, 0.25) is 0 Å². The number of hydrogen-bond acceptors (Lipinski definition) is 5. The van der Waals surface area contributed by atoms with Gasteiger partial charge in [-0.05, 0) is 11.6 Å². The molecule has 1 unspecified atom stereocenters. The number of benzene rings is 1. The van der Waals surface area contributed by atoms with Crippen LogP contribution in [0.1, 0.15) is 5.56 Å². The average molecular weight is 413 g/mol. The molecule has 6 nitrogen and oxygen atoms in total. The molecule has 8 heteroatoms. The molecule has 0 N–H and O–H groups in total. The Hall–Kier alpha value is -1.93. The van der Waals surface area contributed by atoms with Gasteiger partial charge in [0.05, 0.1) is 15.5 Å². The van der Waals surface area contributed by atoms with Crippen LogP contribution in [-0.4, -0.2) is 33.9 Å². The largest absolute Gasteiger partial charge is 0.477 e. The molecule has 1 aromatic carbocycles. The summed E-state index contributed by atoms with van der Waals surface area (Å²) in [5, 5.41) is 0. The quantitative estimate of drug-likeness (QED) is 0.723. The fourth-order valence-corrected chi connectivity index (χ4v) is 2.88. The van der Waals surface area contributed by atoms with Crippen molar-refractivity contribution in [1.82, 2.24) is 4.98 Å². The van der Waals surface area contributed by atoms with Crippen LogP contribution in [0, 0.1) is 0 Å². The maximum absolute atomic E-state index is 12.3. The van der Waals surface area contributed by atoms with Gasteiger partial charge in [0.25, 0.3) is 0 Å². The van der Waals surface area contributed by atoms with Crippen LogP contribution in [0.3, 0.4) is 0 Å². The number of aromatic nitrogens is 1. The lowest BCUT2D eigenvalue weighted by Crippen LogP contribution is -2.14. The molecule has 0 aliphatic rings. The topological polar surface area (TPSA) is 77.9 Å². The molecular formula is C16H17BrN2O4S. The van der Waals surface area contributed by atoms with Crippen molar-refractivity contribution in [3.63, 3.8) is 0 Å². The highest BCUT2D eigenvalue weighted by atomic mass is 79.9. The molecule has 2 aromatic rings. The first-order chi connectivity index (χ1) is 11.4. The zero-order valence-corrected chi connectivity index (χ0v) is 15.5. The Labute approximate surface area is 149 Å². The van der Waals surface area contributed by atoms with E-state index < -0.39 is 15.8 Å². The van der Waals surface area contributed by atoms with E-state index in [0.717, 1.165) is 10.0 Å². The van der Waals surface area contributed by atoms with Crippen LogP contribution < -0.4 is 4.74 Å². The van der Waals surface area contributed by atoms with Gasteiger partial charge in [0.15, 0.2) is 0 Å². The van der Waals surface area contributed by atoms with Gasteiger partial charge in [0.1, 0.15) is 13.2 Å². The van der Waals surface area contributed by atoms with Crippen molar-refractivity contribution in [2.45, 2.75) is 6.61 Å². The van der Waals surface area contributed by atoms with Gasteiger partial charge in [-0.3, -0.25) is 0 Å². The van der Waals surface area contributed by atoms with E-state index in [1.807, 2.05) is 30.3 Å². The van der Waals surface area contributed by atoms with Crippen molar-refractivity contribution in [2.24, 2.45) is 4.36 Å². The lowest BCUT2D eigenvalue weighted by molar-refractivity contribution is 0.151. The van der Waals surface area contributed by atoms with Crippen molar-refractivity contribution in [3.8, 4) is 5.88 Å². The second-order valence-corrected chi connectivity index (χ2v) is 8.38. The third kappa shape index (κ3) is 6.67. The zero-order valence-electron chi connectivity index (χ0n) is 13.1. The van der Waals surface area contributed by atoms with Crippen LogP contribution in [0.15, 0.2) is 57.5 Å². The molecule has 0 saturated carbocycles. The fourth-order valence-electron chi connectivity index (χ4n) is 1.71. The Kier molecular flexibility index (Phi) is 6.74. The first-order valence-electron chi connectivity index (χ1n) is 7.09. The minimum Gasteiger partial charge on any atom is -0.477 e. The van der Waals surface area contributed by atoms with E-state index in [9.17, 15) is 9.00 Å². The minimum atomic E-state index is -2.73. The summed E-state index contributed by atoms with van der Waals surface area (Å²) in [6.45, 7) is 0.228. The van der Waals surface area contributed by atoms with Crippen LogP contribution in [0.5, 0.6) is 5.88 Å². The number of hydrogen-bond donors (Lipinski definition) is 0. The molecule has 0 aliphatic carbocycles. The smallest absolute Gasteiger partial charge is 0.442 e. The summed E-state index contributed by atoms with van der Waals surface area (Å²) < 4.78 is 27.2. The zero-order chi connectivity index (χ0) is 17.4. The van der Waals surface area contributed by atoms with Gasteiger partial charge in [-0.2, -0.15) is 0 Å². The van der Waals surface area contributed by atoms with E-state index in [-0.39, 0.29) is 19.0 Å². The van der Waals surface area contributed by atoms with Gasteiger partial charge >= 0.3 is 6.09 Å². The number of rotatable bonds is 6. The Bertz CT molecular complexity index is 805. The summed E-state index contributed by atoms with van der Waals surface area (Å²) >= 11 is 3.31. The first-order valence-corrected chi connectivity index (χ1v) is 9.98. The predicted molar refractivity (Wildman–Crippen MR) is 95.4 cm³/mol. The molecule has 128 valence electrons. The van der Waals surface area contributed by atoms with E-state index >= 15 is 0 Å². The van der Waals surface area contributed by atoms with Crippen LogP contribution in [-0.2, 0) is 21.1 Å². The molecule has 0 spiro atoms. The second-order valence-electron chi connectivity index (χ2n) is 4.96. The number of amides is 1. The number of carbonyl (C=O) groups is 1. The molecule has 1 aromatic heterocycles. The average Bonchev–Trinajstić information content (AvgIpc) is 2.53. The Morgan fingerprint density at radius 3 is 2.75 bits per heavy atom. The van der Waals surface area contributed by atoms with Gasteiger partial charge in [-0.25, -0.2) is 14.0 Å². The highest BCUT2D eigenvalue weighted by Crippen LogP contribution is 2.14. The lowest BCUT2D eigenvalue weighted by atomic mass is 10.2. The van der Waals surface area contributed by atoms with E-state index in [2.05, 4.69) is 25.3 Å². The standard InChI is InChI=1S/C16H17BrN2O4S/c1-24(21,10-9-22-15-11-14(17)7-8-18-15)19-16(20)23-12-13-5-3-2-4-6-13/h2-8,11H,9-10,12H2,1H3. The number of nitrogens with zero attached hydrogens (tertiary/aromatic N) is 2. The number of pyridine rings is 1. The van der Waals surface area contributed by atoms with Gasteiger partial charge < -0.3 is 9.47 Å². The van der Waals surface area contributed by atoms with Gasteiger partial charge in [0.2, 0.25) is 5.88 Å². The highest BCUT2D eigenvalue weighted by Gasteiger charge is 2.09. The molecule has 24 heavy (non-hydrogen) atoms. The van der Waals surface area contributed by atoms with E-state index in [1.165, 1.54) is 6.26 Å². The van der Waals surface area contributed by atoms with Crippen molar-refractivity contribution < 1.29 is 18.5 Å². The first kappa shape index (κ1) is 18.4. The van der Waals surface area contributed by atoms with Gasteiger partial charge in [0, 0.05) is 23.0 Å². The fraction of sp³-hybridized carbons (Fsp3) is 0.250. The lowest BCUT2D eigenvalue weighted by Gasteiger charge is -2.07.